The van der Waals surface area contributed by atoms with Crippen molar-refractivity contribution in [3.63, 3.8) is 0 Å². The molecule has 0 aliphatic carbocycles. The van der Waals surface area contributed by atoms with Gasteiger partial charge in [0.1, 0.15) is 5.82 Å². The van der Waals surface area contributed by atoms with E-state index in [4.69, 9.17) is 4.98 Å². The van der Waals surface area contributed by atoms with E-state index in [0.717, 1.165) is 37.3 Å². The normalized spacial score (nSPS) is 19.6. The average molecular weight is 289 g/mol. The van der Waals surface area contributed by atoms with Crippen molar-refractivity contribution < 1.29 is 0 Å². The van der Waals surface area contributed by atoms with E-state index in [1.54, 1.807) is 0 Å². The summed E-state index contributed by atoms with van der Waals surface area (Å²) in [5.41, 5.74) is 2.62. The van der Waals surface area contributed by atoms with Gasteiger partial charge in [0.15, 0.2) is 0 Å². The van der Waals surface area contributed by atoms with Crippen molar-refractivity contribution in [2.24, 2.45) is 11.8 Å². The molecule has 2 heterocycles. The number of rotatable bonds is 4. The first-order valence-corrected chi connectivity index (χ1v) is 8.22. The molecule has 0 spiro atoms. The third-order valence-corrected chi connectivity index (χ3v) is 4.51. The molecule has 0 radical (unpaired) electrons. The van der Waals surface area contributed by atoms with Gasteiger partial charge in [-0.3, -0.25) is 0 Å². The van der Waals surface area contributed by atoms with Crippen LogP contribution in [0.25, 0.3) is 0 Å². The minimum atomic E-state index is 0.0929. The third-order valence-electron chi connectivity index (χ3n) is 4.51. The quantitative estimate of drug-likeness (QED) is 0.918. The van der Waals surface area contributed by atoms with Crippen molar-refractivity contribution in [3.05, 3.63) is 23.4 Å². The van der Waals surface area contributed by atoms with Crippen LogP contribution in [0, 0.1) is 11.8 Å². The first-order chi connectivity index (χ1) is 9.81. The molecule has 0 bridgehead atoms. The van der Waals surface area contributed by atoms with Gasteiger partial charge in [-0.25, -0.2) is 4.98 Å². The van der Waals surface area contributed by atoms with E-state index in [0.29, 0.717) is 0 Å². The Morgan fingerprint density at radius 3 is 2.57 bits per heavy atom. The van der Waals surface area contributed by atoms with Gasteiger partial charge in [0.25, 0.3) is 0 Å². The van der Waals surface area contributed by atoms with Crippen LogP contribution in [0.15, 0.2) is 12.1 Å². The van der Waals surface area contributed by atoms with Gasteiger partial charge in [-0.15, -0.1) is 0 Å². The Kier molecular flexibility index (Phi) is 4.92. The van der Waals surface area contributed by atoms with Crippen LogP contribution < -0.4 is 10.2 Å². The van der Waals surface area contributed by atoms with Crippen LogP contribution in [0.3, 0.4) is 0 Å². The van der Waals surface area contributed by atoms with Crippen LogP contribution in [-0.2, 0) is 12.0 Å². The molecular weight excluding hydrogens is 258 g/mol. The van der Waals surface area contributed by atoms with Crippen LogP contribution in [0.5, 0.6) is 0 Å². The lowest BCUT2D eigenvalue weighted by Crippen LogP contribution is -2.24. The molecular formula is C18H31N3. The summed E-state index contributed by atoms with van der Waals surface area (Å²) < 4.78 is 0. The van der Waals surface area contributed by atoms with Crippen LogP contribution >= 0.6 is 0 Å². The lowest BCUT2D eigenvalue weighted by atomic mass is 9.90. The highest BCUT2D eigenvalue weighted by Gasteiger charge is 2.27. The number of hydrogen-bond donors (Lipinski definition) is 1. The number of pyridine rings is 1. The maximum atomic E-state index is 4.96. The number of anilines is 1. The Morgan fingerprint density at radius 2 is 2.05 bits per heavy atom. The molecule has 0 amide bonds. The van der Waals surface area contributed by atoms with E-state index < -0.39 is 0 Å². The van der Waals surface area contributed by atoms with E-state index in [1.165, 1.54) is 17.7 Å². The van der Waals surface area contributed by atoms with Gasteiger partial charge < -0.3 is 10.2 Å². The number of nitrogens with one attached hydrogen (secondary N) is 1. The Hall–Kier alpha value is -1.09. The Bertz CT molecular complexity index is 474. The fourth-order valence-corrected chi connectivity index (χ4v) is 2.96. The van der Waals surface area contributed by atoms with Crippen molar-refractivity contribution in [2.45, 2.75) is 53.0 Å². The van der Waals surface area contributed by atoms with Crippen LogP contribution in [0.1, 0.15) is 52.3 Å². The fourth-order valence-electron chi connectivity index (χ4n) is 2.96. The summed E-state index contributed by atoms with van der Waals surface area (Å²) in [6, 6.07) is 4.50. The SMILES string of the molecule is CNCc1cc(N2CCC(C(C)C)C2)nc(C(C)(C)C)c1. The molecule has 1 N–H and O–H groups in total. The smallest absolute Gasteiger partial charge is 0.129 e. The molecule has 3 heteroatoms. The van der Waals surface area contributed by atoms with Gasteiger partial charge >= 0.3 is 0 Å². The first-order valence-electron chi connectivity index (χ1n) is 8.22. The summed E-state index contributed by atoms with van der Waals surface area (Å²) in [5.74, 6) is 2.73. The molecule has 1 aromatic rings. The maximum absolute atomic E-state index is 4.96. The summed E-state index contributed by atoms with van der Waals surface area (Å²) in [6.45, 7) is 14.6. The predicted octanol–water partition coefficient (Wildman–Crippen LogP) is 3.58. The number of nitrogens with zero attached hydrogens (tertiary/aromatic N) is 2. The number of hydrogen-bond acceptors (Lipinski definition) is 3. The Labute approximate surface area is 130 Å². The topological polar surface area (TPSA) is 28.2 Å². The zero-order valence-electron chi connectivity index (χ0n) is 14.5. The molecule has 1 unspecified atom stereocenters. The average Bonchev–Trinajstić information content (AvgIpc) is 2.87. The molecule has 21 heavy (non-hydrogen) atoms. The van der Waals surface area contributed by atoms with Crippen molar-refractivity contribution in [1.82, 2.24) is 10.3 Å². The molecule has 1 aromatic heterocycles. The molecule has 0 saturated carbocycles. The van der Waals surface area contributed by atoms with E-state index in [-0.39, 0.29) is 5.41 Å². The molecule has 1 saturated heterocycles. The zero-order chi connectivity index (χ0) is 15.6. The second kappa shape index (κ2) is 6.35. The highest BCUT2D eigenvalue weighted by molar-refractivity contribution is 5.45. The lowest BCUT2D eigenvalue weighted by molar-refractivity contribution is 0.422. The van der Waals surface area contributed by atoms with Gasteiger partial charge in [0, 0.05) is 30.7 Å². The molecule has 1 aliphatic rings. The van der Waals surface area contributed by atoms with Gasteiger partial charge in [-0.2, -0.15) is 0 Å². The summed E-state index contributed by atoms with van der Waals surface area (Å²) in [7, 11) is 2.00. The first kappa shape index (κ1) is 16.3. The van der Waals surface area contributed by atoms with Crippen molar-refractivity contribution in [2.75, 3.05) is 25.0 Å². The standard InChI is InChI=1S/C18H31N3/c1-13(2)15-7-8-21(12-15)17-10-14(11-19-6)9-16(20-17)18(3,4)5/h9-10,13,15,19H,7-8,11-12H2,1-6H3. The van der Waals surface area contributed by atoms with Crippen LogP contribution in [0.4, 0.5) is 5.82 Å². The monoisotopic (exact) mass is 289 g/mol. The summed E-state index contributed by atoms with van der Waals surface area (Å²) in [6.07, 6.45) is 1.29. The minimum Gasteiger partial charge on any atom is -0.356 e. The van der Waals surface area contributed by atoms with Crippen molar-refractivity contribution in [3.8, 4) is 0 Å². The molecule has 2 rings (SSSR count). The van der Waals surface area contributed by atoms with Crippen LogP contribution in [-0.4, -0.2) is 25.1 Å². The van der Waals surface area contributed by atoms with E-state index >= 15 is 0 Å². The van der Waals surface area contributed by atoms with Crippen molar-refractivity contribution >= 4 is 5.82 Å². The van der Waals surface area contributed by atoms with Gasteiger partial charge in [0.2, 0.25) is 0 Å². The molecule has 1 aliphatic heterocycles. The summed E-state index contributed by atoms with van der Waals surface area (Å²) >= 11 is 0. The summed E-state index contributed by atoms with van der Waals surface area (Å²) in [5, 5.41) is 3.26. The Morgan fingerprint density at radius 1 is 1.33 bits per heavy atom. The van der Waals surface area contributed by atoms with Crippen LogP contribution in [0.2, 0.25) is 0 Å². The second-order valence-electron chi connectivity index (χ2n) is 7.74. The molecule has 1 fully saturated rings. The minimum absolute atomic E-state index is 0.0929. The lowest BCUT2D eigenvalue weighted by Gasteiger charge is -2.24. The van der Waals surface area contributed by atoms with Crippen molar-refractivity contribution in [1.29, 1.82) is 0 Å². The highest BCUT2D eigenvalue weighted by Crippen LogP contribution is 2.30. The maximum Gasteiger partial charge on any atom is 0.129 e. The predicted molar refractivity (Wildman–Crippen MR) is 90.9 cm³/mol. The van der Waals surface area contributed by atoms with E-state index in [9.17, 15) is 0 Å². The number of aromatic nitrogens is 1. The molecule has 1 atom stereocenters. The second-order valence-corrected chi connectivity index (χ2v) is 7.74. The van der Waals surface area contributed by atoms with Gasteiger partial charge in [-0.1, -0.05) is 34.6 Å². The Balaban J connectivity index is 2.28. The third kappa shape index (κ3) is 3.97. The molecule has 118 valence electrons. The van der Waals surface area contributed by atoms with Gasteiger partial charge in [0.05, 0.1) is 0 Å². The largest absolute Gasteiger partial charge is 0.356 e. The molecule has 3 nitrogen and oxygen atoms in total. The summed E-state index contributed by atoms with van der Waals surface area (Å²) in [4.78, 5) is 7.43. The van der Waals surface area contributed by atoms with E-state index in [1.807, 2.05) is 7.05 Å². The fraction of sp³-hybridized carbons (Fsp3) is 0.722. The van der Waals surface area contributed by atoms with Gasteiger partial charge in [-0.05, 0) is 43.0 Å². The molecule has 0 aromatic carbocycles. The van der Waals surface area contributed by atoms with E-state index in [2.05, 4.69) is 57.0 Å². The zero-order valence-corrected chi connectivity index (χ0v) is 14.5. The highest BCUT2D eigenvalue weighted by atomic mass is 15.2.